The van der Waals surface area contributed by atoms with E-state index in [1.807, 2.05) is 0 Å². The first kappa shape index (κ1) is 13.0. The van der Waals surface area contributed by atoms with Gasteiger partial charge in [-0.05, 0) is 18.5 Å². The summed E-state index contributed by atoms with van der Waals surface area (Å²) in [5.74, 6) is 0. The molecular weight excluding hydrogens is 200 g/mol. The molecule has 1 atom stereocenters. The summed E-state index contributed by atoms with van der Waals surface area (Å²) < 4.78 is 6.26. The van der Waals surface area contributed by atoms with E-state index in [0.717, 1.165) is 0 Å². The van der Waals surface area contributed by atoms with Gasteiger partial charge in [-0.15, -0.1) is 0 Å². The lowest BCUT2D eigenvalue weighted by atomic mass is 10.1. The van der Waals surface area contributed by atoms with E-state index in [9.17, 15) is 0 Å². The van der Waals surface area contributed by atoms with Crippen molar-refractivity contribution in [2.24, 2.45) is 0 Å². The molecule has 0 saturated carbocycles. The van der Waals surface area contributed by atoms with Crippen molar-refractivity contribution in [2.75, 3.05) is 0 Å². The molecule has 0 amide bonds. The van der Waals surface area contributed by atoms with E-state index < -0.39 is 8.32 Å². The highest BCUT2D eigenvalue weighted by molar-refractivity contribution is 6.79. The van der Waals surface area contributed by atoms with Crippen LogP contribution in [0.1, 0.15) is 52.9 Å². The standard InChI is InChI=1S/C13H26OSi/c1-4-7-8-9-10-13-11-12-15(5-2,6-3)14-13/h11-13H,4-10H2,1-3H3. The maximum absolute atomic E-state index is 6.26. The third-order valence-electron chi connectivity index (χ3n) is 3.54. The van der Waals surface area contributed by atoms with Crippen LogP contribution in [0.15, 0.2) is 11.8 Å². The number of hydrogen-bond acceptors (Lipinski definition) is 1. The normalized spacial score (nSPS) is 23.5. The van der Waals surface area contributed by atoms with Gasteiger partial charge < -0.3 is 4.43 Å². The quantitative estimate of drug-likeness (QED) is 0.461. The lowest BCUT2D eigenvalue weighted by Crippen LogP contribution is -2.33. The van der Waals surface area contributed by atoms with Gasteiger partial charge in [0.1, 0.15) is 0 Å². The first-order valence-corrected chi connectivity index (χ1v) is 9.03. The molecule has 1 unspecified atom stereocenters. The highest BCUT2D eigenvalue weighted by atomic mass is 28.4. The van der Waals surface area contributed by atoms with Crippen LogP contribution in [-0.4, -0.2) is 14.4 Å². The lowest BCUT2D eigenvalue weighted by Gasteiger charge is -2.23. The Morgan fingerprint density at radius 3 is 2.33 bits per heavy atom. The predicted molar refractivity (Wildman–Crippen MR) is 69.5 cm³/mol. The fourth-order valence-corrected chi connectivity index (χ4v) is 4.99. The first-order chi connectivity index (χ1) is 7.26. The minimum Gasteiger partial charge on any atom is -0.407 e. The Balaban J connectivity index is 2.22. The Labute approximate surface area is 96.0 Å². The molecule has 0 spiro atoms. The van der Waals surface area contributed by atoms with E-state index in [-0.39, 0.29) is 0 Å². The van der Waals surface area contributed by atoms with E-state index in [4.69, 9.17) is 4.43 Å². The zero-order valence-electron chi connectivity index (χ0n) is 10.6. The van der Waals surface area contributed by atoms with Gasteiger partial charge in [-0.3, -0.25) is 0 Å². The van der Waals surface area contributed by atoms with Gasteiger partial charge in [-0.2, -0.15) is 0 Å². The fraction of sp³-hybridized carbons (Fsp3) is 0.846. The molecule has 0 aliphatic carbocycles. The largest absolute Gasteiger partial charge is 0.407 e. The Morgan fingerprint density at radius 1 is 1.07 bits per heavy atom. The van der Waals surface area contributed by atoms with E-state index in [1.54, 1.807) is 0 Å². The van der Waals surface area contributed by atoms with Gasteiger partial charge >= 0.3 is 0 Å². The summed E-state index contributed by atoms with van der Waals surface area (Å²) in [6.45, 7) is 6.82. The van der Waals surface area contributed by atoms with Crippen molar-refractivity contribution in [3.05, 3.63) is 11.8 Å². The van der Waals surface area contributed by atoms with Crippen LogP contribution in [0, 0.1) is 0 Å². The van der Waals surface area contributed by atoms with Gasteiger partial charge in [-0.25, -0.2) is 0 Å². The zero-order valence-corrected chi connectivity index (χ0v) is 11.6. The molecule has 2 heteroatoms. The van der Waals surface area contributed by atoms with Crippen molar-refractivity contribution >= 4 is 8.32 Å². The number of rotatable bonds is 7. The van der Waals surface area contributed by atoms with Crippen LogP contribution >= 0.6 is 0 Å². The molecular formula is C13H26OSi. The lowest BCUT2D eigenvalue weighted by molar-refractivity contribution is 0.235. The molecule has 88 valence electrons. The second-order valence-corrected chi connectivity index (χ2v) is 8.75. The van der Waals surface area contributed by atoms with Crippen LogP contribution in [0.3, 0.4) is 0 Å². The average molecular weight is 226 g/mol. The van der Waals surface area contributed by atoms with Crippen molar-refractivity contribution in [3.63, 3.8) is 0 Å². The maximum atomic E-state index is 6.26. The Kier molecular flexibility index (Phi) is 5.62. The molecule has 1 heterocycles. The van der Waals surface area contributed by atoms with Gasteiger partial charge in [0.2, 0.25) is 8.32 Å². The van der Waals surface area contributed by atoms with Crippen LogP contribution in [0.25, 0.3) is 0 Å². The Bertz CT molecular complexity index is 197. The second kappa shape index (κ2) is 6.49. The molecule has 1 nitrogen and oxygen atoms in total. The molecule has 0 radical (unpaired) electrons. The number of unbranched alkanes of at least 4 members (excludes halogenated alkanes) is 3. The smallest absolute Gasteiger partial charge is 0.217 e. The van der Waals surface area contributed by atoms with E-state index >= 15 is 0 Å². The van der Waals surface area contributed by atoms with Gasteiger partial charge in [0.15, 0.2) is 0 Å². The van der Waals surface area contributed by atoms with Crippen molar-refractivity contribution in [1.29, 1.82) is 0 Å². The van der Waals surface area contributed by atoms with Gasteiger partial charge in [0.05, 0.1) is 6.10 Å². The summed E-state index contributed by atoms with van der Waals surface area (Å²) in [4.78, 5) is 0. The average Bonchev–Trinajstić information content (AvgIpc) is 2.69. The minimum atomic E-state index is -1.39. The zero-order chi connectivity index (χ0) is 11.1. The van der Waals surface area contributed by atoms with Crippen molar-refractivity contribution in [2.45, 2.75) is 71.1 Å². The molecule has 0 aromatic carbocycles. The van der Waals surface area contributed by atoms with Gasteiger partial charge in [0, 0.05) is 0 Å². The summed E-state index contributed by atoms with van der Waals surface area (Å²) in [5.41, 5.74) is 2.43. The van der Waals surface area contributed by atoms with Crippen LogP contribution < -0.4 is 0 Å². The highest BCUT2D eigenvalue weighted by Crippen LogP contribution is 2.28. The summed E-state index contributed by atoms with van der Waals surface area (Å²) >= 11 is 0. The third kappa shape index (κ3) is 3.76. The minimum absolute atomic E-state index is 0.452. The van der Waals surface area contributed by atoms with Crippen molar-refractivity contribution in [1.82, 2.24) is 0 Å². The van der Waals surface area contributed by atoms with E-state index in [2.05, 4.69) is 32.5 Å². The SMILES string of the molecule is CCCCCCC1C=C[Si](CC)(CC)O1. The van der Waals surface area contributed by atoms with Gasteiger partial charge in [0.25, 0.3) is 0 Å². The molecule has 0 saturated heterocycles. The second-order valence-electron chi connectivity index (χ2n) is 4.64. The molecule has 15 heavy (non-hydrogen) atoms. The summed E-state index contributed by atoms with van der Waals surface area (Å²) in [5, 5.41) is 0. The molecule has 0 N–H and O–H groups in total. The summed E-state index contributed by atoms with van der Waals surface area (Å²) in [7, 11) is -1.39. The Hall–Kier alpha value is -0.0831. The maximum Gasteiger partial charge on any atom is 0.217 e. The summed E-state index contributed by atoms with van der Waals surface area (Å²) in [6, 6.07) is 2.48. The third-order valence-corrected chi connectivity index (χ3v) is 7.51. The van der Waals surface area contributed by atoms with Crippen LogP contribution in [0.5, 0.6) is 0 Å². The molecule has 0 aromatic heterocycles. The van der Waals surface area contributed by atoms with Crippen molar-refractivity contribution < 1.29 is 4.43 Å². The molecule has 0 aromatic rings. The van der Waals surface area contributed by atoms with E-state index in [1.165, 1.54) is 44.2 Å². The van der Waals surface area contributed by atoms with Crippen molar-refractivity contribution in [3.8, 4) is 0 Å². The summed E-state index contributed by atoms with van der Waals surface area (Å²) in [6.07, 6.45) is 9.44. The van der Waals surface area contributed by atoms with E-state index in [0.29, 0.717) is 6.10 Å². The number of hydrogen-bond donors (Lipinski definition) is 0. The monoisotopic (exact) mass is 226 g/mol. The van der Waals surface area contributed by atoms with Gasteiger partial charge in [-0.1, -0.05) is 58.2 Å². The highest BCUT2D eigenvalue weighted by Gasteiger charge is 2.34. The fourth-order valence-electron chi connectivity index (χ4n) is 2.24. The van der Waals surface area contributed by atoms with Crippen LogP contribution in [0.2, 0.25) is 12.1 Å². The van der Waals surface area contributed by atoms with Crippen LogP contribution in [0.4, 0.5) is 0 Å². The predicted octanol–water partition coefficient (Wildman–Crippen LogP) is 4.44. The Morgan fingerprint density at radius 2 is 1.80 bits per heavy atom. The first-order valence-electron chi connectivity index (χ1n) is 6.63. The molecule has 1 aliphatic heterocycles. The van der Waals surface area contributed by atoms with Crippen LogP contribution in [-0.2, 0) is 4.43 Å². The molecule has 1 aliphatic rings. The topological polar surface area (TPSA) is 9.23 Å². The molecule has 0 bridgehead atoms. The molecule has 0 fully saturated rings. The molecule has 1 rings (SSSR count).